The number of hydrogen-bond donors (Lipinski definition) is 3. The van der Waals surface area contributed by atoms with Crippen molar-refractivity contribution in [3.8, 4) is 17.2 Å². The molecule has 31 heavy (non-hydrogen) atoms. The maximum absolute atomic E-state index is 12.6. The van der Waals surface area contributed by atoms with Crippen molar-refractivity contribution >= 4 is 15.9 Å². The molecule has 0 aliphatic carbocycles. The quantitative estimate of drug-likeness (QED) is 0.506. The molecule has 11 heteroatoms. The molecule has 1 aromatic carbocycles. The highest BCUT2D eigenvalue weighted by Crippen LogP contribution is 2.37. The number of aryl methyl sites for hydroxylation is 1. The van der Waals surface area contributed by atoms with Crippen molar-refractivity contribution < 1.29 is 32.6 Å². The van der Waals surface area contributed by atoms with E-state index in [-0.39, 0.29) is 41.7 Å². The highest BCUT2D eigenvalue weighted by molar-refractivity contribution is 7.89. The Morgan fingerprint density at radius 1 is 1.26 bits per heavy atom. The van der Waals surface area contributed by atoms with Crippen LogP contribution in [0, 0.1) is 6.92 Å². The minimum Gasteiger partial charge on any atom is -0.504 e. The largest absolute Gasteiger partial charge is 0.504 e. The predicted octanol–water partition coefficient (Wildman–Crippen LogP) is 0.898. The summed E-state index contributed by atoms with van der Waals surface area (Å²) in [6, 6.07) is 5.45. The topological polar surface area (TPSA) is 146 Å². The first kappa shape index (κ1) is 24.2. The molecule has 3 N–H and O–H groups in total. The predicted molar refractivity (Wildman–Crippen MR) is 113 cm³/mol. The summed E-state index contributed by atoms with van der Waals surface area (Å²) in [5.74, 6) is -2.20. The Kier molecular flexibility index (Phi) is 7.69. The van der Waals surface area contributed by atoms with Crippen molar-refractivity contribution in [1.82, 2.24) is 9.62 Å². The monoisotopic (exact) mass is 454 g/mol. The number of hydrogen-bond acceptors (Lipinski definition) is 8. The summed E-state index contributed by atoms with van der Waals surface area (Å²) in [5.41, 5.74) is -0.221. The van der Waals surface area contributed by atoms with Gasteiger partial charge in [-0.3, -0.25) is 9.59 Å². The number of nitrogens with zero attached hydrogens (tertiary/aromatic N) is 1. The van der Waals surface area contributed by atoms with E-state index in [0.29, 0.717) is 5.56 Å². The number of phenolic OH excluding ortho intramolecular Hbond substituents is 1. The molecule has 0 spiro atoms. The van der Waals surface area contributed by atoms with E-state index in [1.807, 2.05) is 0 Å². The van der Waals surface area contributed by atoms with Gasteiger partial charge >= 0.3 is 0 Å². The van der Waals surface area contributed by atoms with Gasteiger partial charge in [0.15, 0.2) is 17.3 Å². The molecule has 170 valence electrons. The first-order chi connectivity index (χ1) is 14.5. The second-order valence-corrected chi connectivity index (χ2v) is 9.37. The lowest BCUT2D eigenvalue weighted by atomic mass is 9.91. The van der Waals surface area contributed by atoms with Gasteiger partial charge in [-0.1, -0.05) is 6.07 Å². The zero-order valence-electron chi connectivity index (χ0n) is 17.7. The molecular formula is C20H26N2O8S. The van der Waals surface area contributed by atoms with Gasteiger partial charge < -0.3 is 24.7 Å². The van der Waals surface area contributed by atoms with Crippen LogP contribution in [0.5, 0.6) is 17.2 Å². The van der Waals surface area contributed by atoms with Crippen LogP contribution in [-0.2, 0) is 14.8 Å². The van der Waals surface area contributed by atoms with Gasteiger partial charge in [-0.05, 0) is 24.6 Å². The van der Waals surface area contributed by atoms with Crippen molar-refractivity contribution in [2.75, 3.05) is 33.5 Å². The number of carbonyl (C=O) groups excluding carboxylic acids is 1. The molecule has 0 saturated carbocycles. The average molecular weight is 455 g/mol. The highest BCUT2D eigenvalue weighted by atomic mass is 32.2. The highest BCUT2D eigenvalue weighted by Gasteiger charge is 2.27. The summed E-state index contributed by atoms with van der Waals surface area (Å²) < 4.78 is 35.4. The Morgan fingerprint density at radius 2 is 1.94 bits per heavy atom. The standard InChI is InChI=1S/C20H26N2O8S/c1-12-9-16(24)19(26)20(30-12)14(13-5-6-15(23)17(10-13)29-4)11-18(25)21-7-8-31(27,28)22(2)3/h5-6,9-10,14,23,26H,7-8,11H2,1-4H3,(H,21,25)/t14-/m1/s1. The molecule has 0 radical (unpaired) electrons. The number of ether oxygens (including phenoxy) is 1. The summed E-state index contributed by atoms with van der Waals surface area (Å²) >= 11 is 0. The second kappa shape index (κ2) is 9.84. The molecule has 1 atom stereocenters. The van der Waals surface area contributed by atoms with Crippen molar-refractivity contribution in [1.29, 1.82) is 0 Å². The van der Waals surface area contributed by atoms with E-state index in [2.05, 4.69) is 5.32 Å². The van der Waals surface area contributed by atoms with E-state index in [4.69, 9.17) is 9.15 Å². The fourth-order valence-electron chi connectivity index (χ4n) is 2.89. The van der Waals surface area contributed by atoms with Gasteiger partial charge in [0.05, 0.1) is 18.8 Å². The summed E-state index contributed by atoms with van der Waals surface area (Å²) in [6.07, 6.45) is -0.254. The zero-order chi connectivity index (χ0) is 23.3. The summed E-state index contributed by atoms with van der Waals surface area (Å²) in [5, 5.41) is 22.7. The molecule has 0 aliphatic heterocycles. The molecule has 0 saturated heterocycles. The van der Waals surface area contributed by atoms with Crippen LogP contribution in [0.25, 0.3) is 0 Å². The fraction of sp³-hybridized carbons (Fsp3) is 0.400. The number of sulfonamides is 1. The first-order valence-corrected chi connectivity index (χ1v) is 10.9. The minimum absolute atomic E-state index is 0.116. The number of rotatable bonds is 9. The molecule has 1 aromatic heterocycles. The molecule has 1 heterocycles. The number of amides is 1. The van der Waals surface area contributed by atoms with Crippen molar-refractivity contribution in [2.45, 2.75) is 19.3 Å². The molecule has 0 bridgehead atoms. The lowest BCUT2D eigenvalue weighted by Gasteiger charge is -2.19. The third-order valence-corrected chi connectivity index (χ3v) is 6.46. The van der Waals surface area contributed by atoms with Crippen LogP contribution in [0.2, 0.25) is 0 Å². The van der Waals surface area contributed by atoms with Crippen LogP contribution >= 0.6 is 0 Å². The van der Waals surface area contributed by atoms with Crippen LogP contribution in [0.4, 0.5) is 0 Å². The van der Waals surface area contributed by atoms with E-state index in [1.54, 1.807) is 0 Å². The summed E-state index contributed by atoms with van der Waals surface area (Å²) in [6.45, 7) is 1.42. The van der Waals surface area contributed by atoms with Crippen LogP contribution in [0.1, 0.15) is 29.4 Å². The smallest absolute Gasteiger partial charge is 0.227 e. The molecule has 10 nitrogen and oxygen atoms in total. The molecular weight excluding hydrogens is 428 g/mol. The third kappa shape index (κ3) is 5.98. The van der Waals surface area contributed by atoms with Gasteiger partial charge in [-0.2, -0.15) is 0 Å². The van der Waals surface area contributed by atoms with Crippen LogP contribution in [0.15, 0.2) is 33.5 Å². The van der Waals surface area contributed by atoms with Crippen molar-refractivity contribution in [2.24, 2.45) is 0 Å². The second-order valence-electron chi connectivity index (χ2n) is 7.07. The Morgan fingerprint density at radius 3 is 2.55 bits per heavy atom. The number of nitrogens with one attached hydrogen (secondary N) is 1. The van der Waals surface area contributed by atoms with Gasteiger partial charge in [-0.15, -0.1) is 0 Å². The van der Waals surface area contributed by atoms with Gasteiger partial charge in [-0.25, -0.2) is 12.7 Å². The van der Waals surface area contributed by atoms with E-state index < -0.39 is 33.0 Å². The van der Waals surface area contributed by atoms with E-state index in [9.17, 15) is 28.2 Å². The number of carbonyl (C=O) groups is 1. The average Bonchev–Trinajstić information content (AvgIpc) is 2.69. The van der Waals surface area contributed by atoms with Crippen molar-refractivity contribution in [3.05, 3.63) is 51.6 Å². The zero-order valence-corrected chi connectivity index (χ0v) is 18.5. The fourth-order valence-corrected chi connectivity index (χ4v) is 3.62. The molecule has 2 rings (SSSR count). The third-order valence-electron chi connectivity index (χ3n) is 4.62. The lowest BCUT2D eigenvalue weighted by Crippen LogP contribution is -2.34. The Bertz CT molecular complexity index is 1110. The summed E-state index contributed by atoms with van der Waals surface area (Å²) in [4.78, 5) is 24.6. The Balaban J connectivity index is 2.36. The minimum atomic E-state index is -3.48. The maximum atomic E-state index is 12.6. The van der Waals surface area contributed by atoms with E-state index in [0.717, 1.165) is 10.4 Å². The number of methoxy groups -OCH3 is 1. The van der Waals surface area contributed by atoms with Crippen LogP contribution < -0.4 is 15.5 Å². The first-order valence-electron chi connectivity index (χ1n) is 9.33. The molecule has 0 fully saturated rings. The van der Waals surface area contributed by atoms with Gasteiger partial charge in [0.2, 0.25) is 27.1 Å². The van der Waals surface area contributed by atoms with Crippen LogP contribution in [0.3, 0.4) is 0 Å². The van der Waals surface area contributed by atoms with E-state index >= 15 is 0 Å². The molecule has 2 aromatic rings. The maximum Gasteiger partial charge on any atom is 0.227 e. The SMILES string of the molecule is COc1cc([C@@H](CC(=O)NCCS(=O)(=O)N(C)C)c2oc(C)cc(=O)c2O)ccc1O. The molecule has 0 unspecified atom stereocenters. The number of phenols is 1. The Hall–Kier alpha value is -3.05. The molecule has 0 aliphatic rings. The van der Waals surface area contributed by atoms with Crippen LogP contribution in [-0.4, -0.2) is 62.3 Å². The van der Waals surface area contributed by atoms with Gasteiger partial charge in [0.25, 0.3) is 0 Å². The molecule has 1 amide bonds. The lowest BCUT2D eigenvalue weighted by molar-refractivity contribution is -0.121. The normalized spacial score (nSPS) is 12.5. The summed E-state index contributed by atoms with van der Waals surface area (Å²) in [7, 11) is 0.667. The van der Waals surface area contributed by atoms with Crippen molar-refractivity contribution in [3.63, 3.8) is 0 Å². The van der Waals surface area contributed by atoms with Gasteiger partial charge in [0, 0.05) is 33.1 Å². The van der Waals surface area contributed by atoms with Gasteiger partial charge in [0.1, 0.15) is 5.76 Å². The number of benzene rings is 1. The Labute approximate surface area is 180 Å². The number of aromatic hydroxyl groups is 2. The van der Waals surface area contributed by atoms with E-state index in [1.165, 1.54) is 46.3 Å².